The third kappa shape index (κ3) is 3.48. The zero-order valence-electron chi connectivity index (χ0n) is 15.1. The van der Waals surface area contributed by atoms with Crippen LogP contribution in [0, 0.1) is 25.2 Å². The van der Waals surface area contributed by atoms with Crippen LogP contribution in [0.5, 0.6) is 0 Å². The Hall–Kier alpha value is -3.73. The molecule has 0 radical (unpaired) electrons. The van der Waals surface area contributed by atoms with E-state index in [0.29, 0.717) is 11.1 Å². The maximum atomic E-state index is 12.7. The van der Waals surface area contributed by atoms with Crippen LogP contribution < -0.4 is 0 Å². The number of hydrogen-bond donors (Lipinski definition) is 0. The van der Waals surface area contributed by atoms with E-state index in [-0.39, 0.29) is 18.2 Å². The SMILES string of the molecule is COC(=O)c1ccc(-n2c(C)cc(C(=O)Cn3cnc(C#N)n3)c2C)cc1. The number of carbonyl (C=O) groups excluding carboxylic acids is 2. The summed E-state index contributed by atoms with van der Waals surface area (Å²) in [5.74, 6) is -0.503. The van der Waals surface area contributed by atoms with Gasteiger partial charge in [0.15, 0.2) is 5.78 Å². The topological polar surface area (TPSA) is 103 Å². The number of rotatable bonds is 5. The molecule has 0 bridgehead atoms. The summed E-state index contributed by atoms with van der Waals surface area (Å²) < 4.78 is 7.99. The molecule has 8 nitrogen and oxygen atoms in total. The van der Waals surface area contributed by atoms with Crippen molar-refractivity contribution in [3.05, 3.63) is 65.0 Å². The first-order valence-corrected chi connectivity index (χ1v) is 8.15. The maximum absolute atomic E-state index is 12.7. The predicted octanol–water partition coefficient (Wildman–Crippen LogP) is 2.23. The molecule has 0 spiro atoms. The van der Waals surface area contributed by atoms with Crippen molar-refractivity contribution < 1.29 is 14.3 Å². The van der Waals surface area contributed by atoms with Crippen molar-refractivity contribution in [1.82, 2.24) is 19.3 Å². The number of hydrogen-bond acceptors (Lipinski definition) is 6. The van der Waals surface area contributed by atoms with Crippen LogP contribution in [0.3, 0.4) is 0 Å². The molecule has 0 fully saturated rings. The molecule has 0 N–H and O–H groups in total. The number of ketones is 1. The van der Waals surface area contributed by atoms with Crippen molar-refractivity contribution in [2.75, 3.05) is 7.11 Å². The van der Waals surface area contributed by atoms with E-state index in [4.69, 9.17) is 10.00 Å². The van der Waals surface area contributed by atoms with E-state index in [0.717, 1.165) is 17.1 Å². The van der Waals surface area contributed by atoms with E-state index >= 15 is 0 Å². The van der Waals surface area contributed by atoms with Crippen molar-refractivity contribution in [2.24, 2.45) is 0 Å². The number of benzene rings is 1. The Morgan fingerprint density at radius 3 is 2.52 bits per heavy atom. The van der Waals surface area contributed by atoms with Crippen molar-refractivity contribution >= 4 is 11.8 Å². The monoisotopic (exact) mass is 363 g/mol. The van der Waals surface area contributed by atoms with Crippen LogP contribution in [-0.2, 0) is 11.3 Å². The molecular formula is C19H17N5O3. The fourth-order valence-electron chi connectivity index (χ4n) is 2.96. The van der Waals surface area contributed by atoms with Gasteiger partial charge in [0, 0.05) is 22.6 Å². The van der Waals surface area contributed by atoms with Gasteiger partial charge in [0.2, 0.25) is 0 Å². The Morgan fingerprint density at radius 1 is 1.22 bits per heavy atom. The third-order valence-electron chi connectivity index (χ3n) is 4.22. The van der Waals surface area contributed by atoms with Crippen LogP contribution in [-0.4, -0.2) is 38.2 Å². The second kappa shape index (κ2) is 7.25. The zero-order valence-corrected chi connectivity index (χ0v) is 15.1. The number of aromatic nitrogens is 4. The lowest BCUT2D eigenvalue weighted by molar-refractivity contribution is 0.0600. The maximum Gasteiger partial charge on any atom is 0.337 e. The number of Topliss-reactive ketones (excluding diaryl/α,β-unsaturated/α-hetero) is 1. The molecule has 2 heterocycles. The van der Waals surface area contributed by atoms with Gasteiger partial charge < -0.3 is 9.30 Å². The average Bonchev–Trinajstić information content (AvgIpc) is 3.25. The molecule has 0 aliphatic carbocycles. The molecule has 0 unspecified atom stereocenters. The minimum atomic E-state index is -0.400. The van der Waals surface area contributed by atoms with Gasteiger partial charge in [-0.15, -0.1) is 5.10 Å². The fraction of sp³-hybridized carbons (Fsp3) is 0.211. The highest BCUT2D eigenvalue weighted by atomic mass is 16.5. The third-order valence-corrected chi connectivity index (χ3v) is 4.22. The second-order valence-electron chi connectivity index (χ2n) is 5.96. The molecule has 0 aliphatic rings. The molecule has 8 heteroatoms. The van der Waals surface area contributed by atoms with Gasteiger partial charge in [-0.2, -0.15) is 5.26 Å². The van der Waals surface area contributed by atoms with Crippen molar-refractivity contribution in [1.29, 1.82) is 5.26 Å². The summed E-state index contributed by atoms with van der Waals surface area (Å²) in [5.41, 5.74) is 3.53. The molecule has 3 rings (SSSR count). The van der Waals surface area contributed by atoms with Crippen LogP contribution in [0.4, 0.5) is 0 Å². The van der Waals surface area contributed by atoms with Crippen LogP contribution >= 0.6 is 0 Å². The van der Waals surface area contributed by atoms with Gasteiger partial charge >= 0.3 is 5.97 Å². The van der Waals surface area contributed by atoms with Gasteiger partial charge in [0.25, 0.3) is 5.82 Å². The highest BCUT2D eigenvalue weighted by Crippen LogP contribution is 2.22. The minimum Gasteiger partial charge on any atom is -0.465 e. The summed E-state index contributed by atoms with van der Waals surface area (Å²) >= 11 is 0. The van der Waals surface area contributed by atoms with Gasteiger partial charge in [0.1, 0.15) is 18.9 Å². The average molecular weight is 363 g/mol. The first-order valence-electron chi connectivity index (χ1n) is 8.15. The summed E-state index contributed by atoms with van der Waals surface area (Å²) in [6.07, 6.45) is 1.36. The Balaban J connectivity index is 1.89. The quantitative estimate of drug-likeness (QED) is 0.509. The smallest absolute Gasteiger partial charge is 0.337 e. The van der Waals surface area contributed by atoms with Gasteiger partial charge in [-0.05, 0) is 44.2 Å². The summed E-state index contributed by atoms with van der Waals surface area (Å²) in [7, 11) is 1.34. The summed E-state index contributed by atoms with van der Waals surface area (Å²) in [6, 6.07) is 10.6. The molecule has 0 amide bonds. The number of ether oxygens (including phenoxy) is 1. The number of nitrogens with zero attached hydrogens (tertiary/aromatic N) is 5. The number of nitriles is 1. The molecule has 0 saturated heterocycles. The van der Waals surface area contributed by atoms with Gasteiger partial charge in [-0.1, -0.05) is 0 Å². The Kier molecular flexibility index (Phi) is 4.86. The molecular weight excluding hydrogens is 346 g/mol. The molecule has 0 aliphatic heterocycles. The number of esters is 1. The summed E-state index contributed by atoms with van der Waals surface area (Å²) in [4.78, 5) is 28.0. The summed E-state index contributed by atoms with van der Waals surface area (Å²) in [5, 5.41) is 12.7. The van der Waals surface area contributed by atoms with Gasteiger partial charge in [-0.3, -0.25) is 4.79 Å². The van der Waals surface area contributed by atoms with Crippen LogP contribution in [0.1, 0.15) is 37.9 Å². The Bertz CT molecular complexity index is 1050. The van der Waals surface area contributed by atoms with E-state index in [1.807, 2.05) is 30.6 Å². The number of aryl methyl sites for hydroxylation is 1. The molecule has 1 aromatic carbocycles. The standard InChI is InChI=1S/C19H17N5O3/c1-12-8-16(17(25)10-23-11-21-18(9-20)22-23)13(2)24(12)15-6-4-14(5-7-15)19(26)27-3/h4-8,11H,10H2,1-3H3. The second-order valence-corrected chi connectivity index (χ2v) is 5.96. The van der Waals surface area contributed by atoms with Crippen molar-refractivity contribution in [3.63, 3.8) is 0 Å². The predicted molar refractivity (Wildman–Crippen MR) is 95.7 cm³/mol. The fourth-order valence-corrected chi connectivity index (χ4v) is 2.96. The summed E-state index contributed by atoms with van der Waals surface area (Å²) in [6.45, 7) is 3.76. The van der Waals surface area contributed by atoms with Crippen molar-refractivity contribution in [2.45, 2.75) is 20.4 Å². The molecule has 0 saturated carbocycles. The van der Waals surface area contributed by atoms with Crippen LogP contribution in [0.25, 0.3) is 5.69 Å². The Labute approximate surface area is 155 Å². The zero-order chi connectivity index (χ0) is 19.6. The minimum absolute atomic E-state index is 0.000250. The first-order chi connectivity index (χ1) is 12.9. The highest BCUT2D eigenvalue weighted by molar-refractivity contribution is 5.97. The lowest BCUT2D eigenvalue weighted by atomic mass is 10.1. The van der Waals surface area contributed by atoms with E-state index in [1.165, 1.54) is 18.1 Å². The van der Waals surface area contributed by atoms with E-state index in [2.05, 4.69) is 10.1 Å². The van der Waals surface area contributed by atoms with E-state index < -0.39 is 5.97 Å². The largest absolute Gasteiger partial charge is 0.465 e. The van der Waals surface area contributed by atoms with E-state index in [9.17, 15) is 9.59 Å². The van der Waals surface area contributed by atoms with Crippen LogP contribution in [0.15, 0.2) is 36.7 Å². The molecule has 27 heavy (non-hydrogen) atoms. The number of carbonyl (C=O) groups is 2. The lowest BCUT2D eigenvalue weighted by Crippen LogP contribution is -2.12. The molecule has 136 valence electrons. The normalized spacial score (nSPS) is 10.4. The molecule has 0 atom stereocenters. The molecule has 3 aromatic rings. The Morgan fingerprint density at radius 2 is 1.93 bits per heavy atom. The van der Waals surface area contributed by atoms with Crippen molar-refractivity contribution in [3.8, 4) is 11.8 Å². The number of methoxy groups -OCH3 is 1. The van der Waals surface area contributed by atoms with E-state index in [1.54, 1.807) is 24.3 Å². The lowest BCUT2D eigenvalue weighted by Gasteiger charge is -2.10. The first kappa shape index (κ1) is 18.1. The van der Waals surface area contributed by atoms with Gasteiger partial charge in [-0.25, -0.2) is 14.5 Å². The van der Waals surface area contributed by atoms with Gasteiger partial charge in [0.05, 0.1) is 12.7 Å². The van der Waals surface area contributed by atoms with Crippen LogP contribution in [0.2, 0.25) is 0 Å². The highest BCUT2D eigenvalue weighted by Gasteiger charge is 2.18. The molecule has 2 aromatic heterocycles.